The highest BCUT2D eigenvalue weighted by Crippen LogP contribution is 2.18. The summed E-state index contributed by atoms with van der Waals surface area (Å²) in [6, 6.07) is -0.463. The number of aliphatic carboxylic acids is 1. The van der Waals surface area contributed by atoms with E-state index in [2.05, 4.69) is 10.3 Å². The first-order valence-corrected chi connectivity index (χ1v) is 5.22. The Bertz CT molecular complexity index is 436. The van der Waals surface area contributed by atoms with Crippen LogP contribution in [0.1, 0.15) is 38.5 Å². The molecular formula is C11H16N2O4. The summed E-state index contributed by atoms with van der Waals surface area (Å²) in [7, 11) is 0. The number of rotatable bonds is 4. The number of carboxylic acids is 1. The van der Waals surface area contributed by atoms with E-state index in [4.69, 9.17) is 9.52 Å². The first kappa shape index (κ1) is 13.2. The van der Waals surface area contributed by atoms with Gasteiger partial charge in [0.05, 0.1) is 6.20 Å². The lowest BCUT2D eigenvalue weighted by molar-refractivity contribution is -0.153. The maximum Gasteiger partial charge on any atom is 0.318 e. The Morgan fingerprint density at radius 3 is 2.53 bits per heavy atom. The van der Waals surface area contributed by atoms with Gasteiger partial charge in [-0.25, -0.2) is 4.98 Å². The Kier molecular flexibility index (Phi) is 3.55. The highest BCUT2D eigenvalue weighted by Gasteiger charge is 2.37. The number of hydrogen-bond donors (Lipinski definition) is 2. The standard InChI is InChI=1S/C11H16N2O4/c1-6-5-12-8(17-6)7(2)13-9(14)11(3,4)10(15)16/h5,7H,1-4H3,(H,13,14)(H,15,16). The molecule has 1 amide bonds. The molecule has 0 aromatic carbocycles. The van der Waals surface area contributed by atoms with Gasteiger partial charge in [0.25, 0.3) is 0 Å². The second-order valence-corrected chi connectivity index (χ2v) is 4.43. The van der Waals surface area contributed by atoms with E-state index in [1.54, 1.807) is 20.0 Å². The summed E-state index contributed by atoms with van der Waals surface area (Å²) in [6.45, 7) is 6.11. The maximum atomic E-state index is 11.7. The van der Waals surface area contributed by atoms with Gasteiger partial charge in [0, 0.05) is 0 Å². The van der Waals surface area contributed by atoms with Crippen LogP contribution in [0, 0.1) is 12.3 Å². The van der Waals surface area contributed by atoms with Gasteiger partial charge in [-0.1, -0.05) is 0 Å². The smallest absolute Gasteiger partial charge is 0.318 e. The number of nitrogens with one attached hydrogen (secondary N) is 1. The summed E-state index contributed by atoms with van der Waals surface area (Å²) in [6.07, 6.45) is 1.54. The summed E-state index contributed by atoms with van der Waals surface area (Å²) in [5.74, 6) is -0.755. The number of carboxylic acid groups (broad SMARTS) is 1. The van der Waals surface area contributed by atoms with E-state index < -0.39 is 23.3 Å². The highest BCUT2D eigenvalue weighted by molar-refractivity contribution is 6.01. The fourth-order valence-corrected chi connectivity index (χ4v) is 1.11. The average molecular weight is 240 g/mol. The van der Waals surface area contributed by atoms with E-state index in [0.29, 0.717) is 11.7 Å². The van der Waals surface area contributed by atoms with Crippen molar-refractivity contribution in [3.05, 3.63) is 17.8 Å². The summed E-state index contributed by atoms with van der Waals surface area (Å²) in [5.41, 5.74) is -1.48. The first-order valence-electron chi connectivity index (χ1n) is 5.22. The molecule has 1 rings (SSSR count). The second kappa shape index (κ2) is 4.57. The molecule has 6 heteroatoms. The number of carbonyl (C=O) groups excluding carboxylic acids is 1. The van der Waals surface area contributed by atoms with Gasteiger partial charge in [0.15, 0.2) is 0 Å². The normalized spacial score (nSPS) is 13.2. The van der Waals surface area contributed by atoms with Crippen LogP contribution >= 0.6 is 0 Å². The molecule has 1 atom stereocenters. The summed E-state index contributed by atoms with van der Waals surface area (Å²) in [5, 5.41) is 11.5. The summed E-state index contributed by atoms with van der Waals surface area (Å²) < 4.78 is 5.25. The lowest BCUT2D eigenvalue weighted by Crippen LogP contribution is -2.43. The Labute approximate surface area is 99.0 Å². The van der Waals surface area contributed by atoms with E-state index >= 15 is 0 Å². The summed E-state index contributed by atoms with van der Waals surface area (Å²) >= 11 is 0. The molecule has 1 unspecified atom stereocenters. The molecule has 94 valence electrons. The molecule has 0 aliphatic carbocycles. The SMILES string of the molecule is Cc1cnc(C(C)NC(=O)C(C)(C)C(=O)O)o1. The minimum Gasteiger partial charge on any atom is -0.480 e. The minimum atomic E-state index is -1.48. The molecule has 0 radical (unpaired) electrons. The van der Waals surface area contributed by atoms with Crippen molar-refractivity contribution in [3.8, 4) is 0 Å². The third kappa shape index (κ3) is 2.83. The van der Waals surface area contributed by atoms with E-state index in [1.165, 1.54) is 13.8 Å². The molecule has 1 heterocycles. The van der Waals surface area contributed by atoms with E-state index in [-0.39, 0.29) is 0 Å². The van der Waals surface area contributed by atoms with Crippen LogP contribution in [0.15, 0.2) is 10.6 Å². The van der Waals surface area contributed by atoms with E-state index in [1.807, 2.05) is 0 Å². The van der Waals surface area contributed by atoms with Gasteiger partial charge in [-0.15, -0.1) is 0 Å². The highest BCUT2D eigenvalue weighted by atomic mass is 16.4. The molecule has 1 aromatic rings. The second-order valence-electron chi connectivity index (χ2n) is 4.43. The van der Waals surface area contributed by atoms with Crippen molar-refractivity contribution < 1.29 is 19.1 Å². The molecule has 0 saturated heterocycles. The van der Waals surface area contributed by atoms with Gasteiger partial charge < -0.3 is 14.8 Å². The Morgan fingerprint density at radius 2 is 2.12 bits per heavy atom. The zero-order valence-corrected chi connectivity index (χ0v) is 10.3. The topological polar surface area (TPSA) is 92.4 Å². The van der Waals surface area contributed by atoms with Gasteiger partial charge in [0.1, 0.15) is 17.2 Å². The number of aryl methyl sites for hydroxylation is 1. The van der Waals surface area contributed by atoms with Gasteiger partial charge in [-0.05, 0) is 27.7 Å². The zero-order chi connectivity index (χ0) is 13.2. The van der Waals surface area contributed by atoms with Crippen LogP contribution in [-0.2, 0) is 9.59 Å². The van der Waals surface area contributed by atoms with Crippen LogP contribution in [0.5, 0.6) is 0 Å². The van der Waals surface area contributed by atoms with Crippen LogP contribution in [0.25, 0.3) is 0 Å². The van der Waals surface area contributed by atoms with Crippen LogP contribution < -0.4 is 5.32 Å². The Morgan fingerprint density at radius 1 is 1.53 bits per heavy atom. The van der Waals surface area contributed by atoms with E-state index in [0.717, 1.165) is 0 Å². The van der Waals surface area contributed by atoms with Gasteiger partial charge in [-0.2, -0.15) is 0 Å². The van der Waals surface area contributed by atoms with Crippen molar-refractivity contribution in [1.82, 2.24) is 10.3 Å². The maximum absolute atomic E-state index is 11.7. The van der Waals surface area contributed by atoms with Crippen molar-refractivity contribution in [2.75, 3.05) is 0 Å². The fourth-order valence-electron chi connectivity index (χ4n) is 1.11. The number of hydrogen-bond acceptors (Lipinski definition) is 4. The molecule has 0 aliphatic heterocycles. The average Bonchev–Trinajstić information content (AvgIpc) is 2.64. The number of aromatic nitrogens is 1. The molecule has 0 saturated carbocycles. The van der Waals surface area contributed by atoms with Crippen LogP contribution in [0.3, 0.4) is 0 Å². The molecule has 0 fully saturated rings. The molecular weight excluding hydrogens is 224 g/mol. The fraction of sp³-hybridized carbons (Fsp3) is 0.545. The third-order valence-corrected chi connectivity index (χ3v) is 2.46. The Balaban J connectivity index is 2.73. The van der Waals surface area contributed by atoms with Gasteiger partial charge in [0.2, 0.25) is 11.8 Å². The van der Waals surface area contributed by atoms with Crippen molar-refractivity contribution >= 4 is 11.9 Å². The van der Waals surface area contributed by atoms with Crippen molar-refractivity contribution in [3.63, 3.8) is 0 Å². The molecule has 0 bridgehead atoms. The molecule has 0 aliphatic rings. The van der Waals surface area contributed by atoms with Crippen LogP contribution in [0.4, 0.5) is 0 Å². The largest absolute Gasteiger partial charge is 0.480 e. The molecule has 1 aromatic heterocycles. The number of oxazole rings is 1. The number of carbonyl (C=O) groups is 2. The Hall–Kier alpha value is -1.85. The van der Waals surface area contributed by atoms with E-state index in [9.17, 15) is 9.59 Å². The zero-order valence-electron chi connectivity index (χ0n) is 10.3. The van der Waals surface area contributed by atoms with Crippen molar-refractivity contribution in [2.24, 2.45) is 5.41 Å². The lowest BCUT2D eigenvalue weighted by Gasteiger charge is -2.20. The monoisotopic (exact) mass is 240 g/mol. The quantitative estimate of drug-likeness (QED) is 0.773. The summed E-state index contributed by atoms with van der Waals surface area (Å²) in [4.78, 5) is 26.6. The third-order valence-electron chi connectivity index (χ3n) is 2.46. The molecule has 2 N–H and O–H groups in total. The first-order chi connectivity index (χ1) is 7.75. The number of amides is 1. The predicted molar refractivity (Wildman–Crippen MR) is 59.2 cm³/mol. The number of nitrogens with zero attached hydrogens (tertiary/aromatic N) is 1. The molecule has 0 spiro atoms. The minimum absolute atomic E-state index is 0.358. The van der Waals surface area contributed by atoms with Crippen LogP contribution in [0.2, 0.25) is 0 Å². The molecule has 6 nitrogen and oxygen atoms in total. The lowest BCUT2D eigenvalue weighted by atomic mass is 9.92. The predicted octanol–water partition coefficient (Wildman–Crippen LogP) is 1.27. The van der Waals surface area contributed by atoms with Gasteiger partial charge in [-0.3, -0.25) is 9.59 Å². The van der Waals surface area contributed by atoms with Crippen LogP contribution in [-0.4, -0.2) is 22.0 Å². The van der Waals surface area contributed by atoms with Gasteiger partial charge >= 0.3 is 5.97 Å². The van der Waals surface area contributed by atoms with Crippen molar-refractivity contribution in [1.29, 1.82) is 0 Å². The molecule has 17 heavy (non-hydrogen) atoms. The van der Waals surface area contributed by atoms with Crippen molar-refractivity contribution in [2.45, 2.75) is 33.7 Å².